The van der Waals surface area contributed by atoms with Gasteiger partial charge in [0.25, 0.3) is 0 Å². The zero-order chi connectivity index (χ0) is 20.8. The Balaban J connectivity index is 1.52. The minimum Gasteiger partial charge on any atom is -0.467 e. The molecule has 8 nitrogen and oxygen atoms in total. The Kier molecular flexibility index (Phi) is 6.75. The summed E-state index contributed by atoms with van der Waals surface area (Å²) in [7, 11) is 0. The van der Waals surface area contributed by atoms with E-state index in [9.17, 15) is 0 Å². The van der Waals surface area contributed by atoms with Crippen molar-refractivity contribution < 1.29 is 4.42 Å². The van der Waals surface area contributed by atoms with Gasteiger partial charge in [-0.2, -0.15) is 4.98 Å². The lowest BCUT2D eigenvalue weighted by molar-refractivity contribution is 0.444. The van der Waals surface area contributed by atoms with E-state index in [1.165, 1.54) is 18.2 Å². The van der Waals surface area contributed by atoms with E-state index in [4.69, 9.17) is 21.6 Å². The molecular weight excluding hydrogens is 418 g/mol. The van der Waals surface area contributed by atoms with Gasteiger partial charge in [-0.05, 0) is 60.9 Å². The molecule has 156 valence electrons. The Labute approximate surface area is 184 Å². The summed E-state index contributed by atoms with van der Waals surface area (Å²) in [5, 5.41) is 8.04. The first-order valence-corrected chi connectivity index (χ1v) is 11.0. The summed E-state index contributed by atoms with van der Waals surface area (Å²) in [6, 6.07) is 7.51. The molecule has 0 aliphatic carbocycles. The van der Waals surface area contributed by atoms with Crippen LogP contribution in [-0.2, 0) is 6.54 Å². The summed E-state index contributed by atoms with van der Waals surface area (Å²) < 4.78 is 5.32. The van der Waals surface area contributed by atoms with Gasteiger partial charge < -0.3 is 20.0 Å². The van der Waals surface area contributed by atoms with Gasteiger partial charge in [0.1, 0.15) is 16.6 Å². The second-order valence-corrected chi connectivity index (χ2v) is 8.50. The van der Waals surface area contributed by atoms with Crippen molar-refractivity contribution in [3.8, 4) is 0 Å². The van der Waals surface area contributed by atoms with Crippen LogP contribution in [0.1, 0.15) is 25.5 Å². The number of hydrogen-bond donors (Lipinski definition) is 2. The molecule has 0 aromatic carbocycles. The molecule has 0 amide bonds. The van der Waals surface area contributed by atoms with Crippen LogP contribution in [-0.4, -0.2) is 38.1 Å². The highest BCUT2D eigenvalue weighted by Gasteiger charge is 2.20. The van der Waals surface area contributed by atoms with Gasteiger partial charge in [-0.1, -0.05) is 6.92 Å². The molecule has 2 N–H and O–H groups in total. The molecule has 0 unspecified atom stereocenters. The Morgan fingerprint density at radius 1 is 1.30 bits per heavy atom. The number of nitrogens with one attached hydrogen (secondary N) is 2. The van der Waals surface area contributed by atoms with Crippen molar-refractivity contribution in [3.05, 3.63) is 48.7 Å². The van der Waals surface area contributed by atoms with Crippen molar-refractivity contribution in [3.63, 3.8) is 0 Å². The molecule has 0 bridgehead atoms. The predicted octanol–water partition coefficient (Wildman–Crippen LogP) is 3.73. The summed E-state index contributed by atoms with van der Waals surface area (Å²) in [4.78, 5) is 20.2. The van der Waals surface area contributed by atoms with E-state index >= 15 is 0 Å². The van der Waals surface area contributed by atoms with E-state index in [0.29, 0.717) is 28.7 Å². The van der Waals surface area contributed by atoms with Gasteiger partial charge in [0.15, 0.2) is 10.3 Å². The summed E-state index contributed by atoms with van der Waals surface area (Å²) in [5.74, 6) is 2.76. The van der Waals surface area contributed by atoms with Crippen molar-refractivity contribution >= 4 is 40.9 Å². The van der Waals surface area contributed by atoms with E-state index < -0.39 is 0 Å². The SMILES string of the molecule is C[C@@H]1CCCN(c2cc(Sc3ncccn3)nc(NC(=S)NCc3ccco3)n2)C1. The van der Waals surface area contributed by atoms with Crippen LogP contribution in [0.4, 0.5) is 11.8 Å². The van der Waals surface area contributed by atoms with Gasteiger partial charge >= 0.3 is 0 Å². The van der Waals surface area contributed by atoms with Gasteiger partial charge in [0.2, 0.25) is 5.95 Å². The summed E-state index contributed by atoms with van der Waals surface area (Å²) >= 11 is 6.81. The molecule has 0 saturated carbocycles. The van der Waals surface area contributed by atoms with Crippen LogP contribution in [0.3, 0.4) is 0 Å². The molecule has 10 heteroatoms. The molecule has 0 radical (unpaired) electrons. The topological polar surface area (TPSA) is 92.0 Å². The smallest absolute Gasteiger partial charge is 0.232 e. The predicted molar refractivity (Wildman–Crippen MR) is 121 cm³/mol. The van der Waals surface area contributed by atoms with Gasteiger partial charge in [-0.25, -0.2) is 15.0 Å². The lowest BCUT2D eigenvalue weighted by Crippen LogP contribution is -2.35. The molecule has 1 atom stereocenters. The Hall–Kier alpha value is -2.72. The molecule has 4 rings (SSSR count). The summed E-state index contributed by atoms with van der Waals surface area (Å²) in [5.41, 5.74) is 0. The lowest BCUT2D eigenvalue weighted by atomic mass is 10.0. The monoisotopic (exact) mass is 441 g/mol. The fourth-order valence-corrected chi connectivity index (χ4v) is 4.11. The minimum atomic E-state index is 0.433. The second-order valence-electron chi connectivity index (χ2n) is 7.10. The first-order chi connectivity index (χ1) is 14.7. The van der Waals surface area contributed by atoms with Gasteiger partial charge in [-0.15, -0.1) is 0 Å². The molecule has 3 aromatic rings. The van der Waals surface area contributed by atoms with E-state index in [1.807, 2.05) is 18.2 Å². The van der Waals surface area contributed by atoms with Gasteiger partial charge in [0.05, 0.1) is 12.8 Å². The normalized spacial score (nSPS) is 16.3. The van der Waals surface area contributed by atoms with Gasteiger partial charge in [-0.3, -0.25) is 0 Å². The lowest BCUT2D eigenvalue weighted by Gasteiger charge is -2.32. The second kappa shape index (κ2) is 9.86. The number of furan rings is 1. The molecule has 30 heavy (non-hydrogen) atoms. The molecule has 1 aliphatic rings. The zero-order valence-electron chi connectivity index (χ0n) is 16.6. The first kappa shape index (κ1) is 20.5. The Morgan fingerprint density at radius 3 is 2.93 bits per heavy atom. The molecule has 3 aromatic heterocycles. The van der Waals surface area contributed by atoms with E-state index in [-0.39, 0.29) is 0 Å². The van der Waals surface area contributed by atoms with Crippen molar-refractivity contribution in [2.24, 2.45) is 5.92 Å². The summed E-state index contributed by atoms with van der Waals surface area (Å²) in [6.45, 7) is 4.72. The molecule has 1 aliphatic heterocycles. The minimum absolute atomic E-state index is 0.433. The fraction of sp³-hybridized carbons (Fsp3) is 0.350. The van der Waals surface area contributed by atoms with Crippen LogP contribution in [0.25, 0.3) is 0 Å². The number of piperidine rings is 1. The van der Waals surface area contributed by atoms with E-state index in [2.05, 4.69) is 37.4 Å². The maximum Gasteiger partial charge on any atom is 0.232 e. The van der Waals surface area contributed by atoms with Gasteiger partial charge in [0, 0.05) is 31.5 Å². The van der Waals surface area contributed by atoms with Crippen LogP contribution < -0.4 is 15.5 Å². The first-order valence-electron chi connectivity index (χ1n) is 9.82. The molecule has 1 saturated heterocycles. The third-order valence-electron chi connectivity index (χ3n) is 4.64. The van der Waals surface area contributed by atoms with Crippen molar-refractivity contribution in [2.75, 3.05) is 23.3 Å². The number of rotatable bonds is 6. The van der Waals surface area contributed by atoms with Crippen molar-refractivity contribution in [1.82, 2.24) is 25.3 Å². The Bertz CT molecular complexity index is 969. The van der Waals surface area contributed by atoms with Crippen LogP contribution in [0, 0.1) is 5.92 Å². The van der Waals surface area contributed by atoms with Crippen LogP contribution in [0.2, 0.25) is 0 Å². The number of hydrogen-bond acceptors (Lipinski definition) is 8. The number of aromatic nitrogens is 4. The van der Waals surface area contributed by atoms with Crippen LogP contribution in [0.5, 0.6) is 0 Å². The van der Waals surface area contributed by atoms with E-state index in [1.54, 1.807) is 24.7 Å². The van der Waals surface area contributed by atoms with Crippen LogP contribution in [0.15, 0.2) is 57.5 Å². The average Bonchev–Trinajstić information content (AvgIpc) is 3.27. The number of nitrogens with zero attached hydrogens (tertiary/aromatic N) is 5. The molecular formula is C20H23N7OS2. The average molecular weight is 442 g/mol. The molecule has 0 spiro atoms. The Morgan fingerprint density at radius 2 is 2.17 bits per heavy atom. The van der Waals surface area contributed by atoms with Crippen LogP contribution >= 0.6 is 24.0 Å². The zero-order valence-corrected chi connectivity index (χ0v) is 18.2. The maximum atomic E-state index is 5.41. The highest BCUT2D eigenvalue weighted by atomic mass is 32.2. The molecule has 4 heterocycles. The third kappa shape index (κ3) is 5.67. The molecule has 1 fully saturated rings. The van der Waals surface area contributed by atoms with E-state index in [0.717, 1.165) is 36.1 Å². The number of thiocarbonyl (C=S) groups is 1. The standard InChI is InChI=1S/C20H23N7OS2/c1-14-5-2-9-27(13-14)16-11-17(30-20-21-7-4-8-22-20)25-18(24-16)26-19(29)23-12-15-6-3-10-28-15/h3-4,6-8,10-11,14H,2,5,9,12-13H2,1H3,(H2,23,24,25,26,29)/t14-/m1/s1. The highest BCUT2D eigenvalue weighted by molar-refractivity contribution is 7.99. The van der Waals surface area contributed by atoms with Crippen molar-refractivity contribution in [2.45, 2.75) is 36.5 Å². The highest BCUT2D eigenvalue weighted by Crippen LogP contribution is 2.29. The third-order valence-corrected chi connectivity index (χ3v) is 5.69. The maximum absolute atomic E-state index is 5.41. The summed E-state index contributed by atoms with van der Waals surface area (Å²) in [6.07, 6.45) is 7.47. The number of anilines is 2. The van der Waals surface area contributed by atoms with Crippen molar-refractivity contribution in [1.29, 1.82) is 0 Å². The quantitative estimate of drug-likeness (QED) is 0.335. The largest absolute Gasteiger partial charge is 0.467 e. The fourth-order valence-electron chi connectivity index (χ4n) is 3.24.